The van der Waals surface area contributed by atoms with Gasteiger partial charge in [0.1, 0.15) is 0 Å². The van der Waals surface area contributed by atoms with Crippen LogP contribution in [0.2, 0.25) is 0 Å². The van der Waals surface area contributed by atoms with Crippen molar-refractivity contribution in [2.24, 2.45) is 0 Å². The molecule has 0 saturated heterocycles. The molecule has 1 unspecified atom stereocenters. The predicted octanol–water partition coefficient (Wildman–Crippen LogP) is 1.14. The summed E-state index contributed by atoms with van der Waals surface area (Å²) in [5.74, 6) is -0.965. The van der Waals surface area contributed by atoms with Crippen molar-refractivity contribution in [2.75, 3.05) is 0 Å². The van der Waals surface area contributed by atoms with E-state index in [9.17, 15) is 9.90 Å². The van der Waals surface area contributed by atoms with Gasteiger partial charge in [-0.3, -0.25) is 4.79 Å². The van der Waals surface area contributed by atoms with Gasteiger partial charge in [0, 0.05) is 11.3 Å². The Morgan fingerprint density at radius 3 is 3.06 bits per heavy atom. The summed E-state index contributed by atoms with van der Waals surface area (Å²) in [6.07, 6.45) is 1.47. The van der Waals surface area contributed by atoms with Gasteiger partial charge < -0.3 is 15.2 Å². The second-order valence-electron chi connectivity index (χ2n) is 3.86. The molecule has 86 valence electrons. The van der Waals surface area contributed by atoms with Crippen molar-refractivity contribution in [2.45, 2.75) is 31.8 Å². The number of hydrogen-bond acceptors (Lipinski definition) is 4. The zero-order chi connectivity index (χ0) is 11.7. The van der Waals surface area contributed by atoms with Crippen molar-refractivity contribution in [1.29, 1.82) is 0 Å². The fourth-order valence-electron chi connectivity index (χ4n) is 2.07. The Kier molecular flexibility index (Phi) is 3.02. The summed E-state index contributed by atoms with van der Waals surface area (Å²) in [7, 11) is 0. The number of carboxylic acid groups (broad SMARTS) is 1. The van der Waals surface area contributed by atoms with Gasteiger partial charge in [-0.25, -0.2) is 4.98 Å². The molecule has 1 aromatic rings. The first-order valence-corrected chi connectivity index (χ1v) is 5.50. The van der Waals surface area contributed by atoms with E-state index in [4.69, 9.17) is 17.3 Å². The monoisotopic (exact) mass is 240 g/mol. The third kappa shape index (κ3) is 2.12. The summed E-state index contributed by atoms with van der Waals surface area (Å²) < 4.78 is 0.282. The summed E-state index contributed by atoms with van der Waals surface area (Å²) in [6.45, 7) is 0. The predicted molar refractivity (Wildman–Crippen MR) is 58.7 cm³/mol. The molecular formula is C10H12N2O3S. The maximum atomic E-state index is 10.7. The lowest BCUT2D eigenvalue weighted by Gasteiger charge is -2.22. The number of nitrogens with zero attached hydrogens (tertiary/aromatic N) is 1. The van der Waals surface area contributed by atoms with E-state index in [0.29, 0.717) is 17.7 Å². The van der Waals surface area contributed by atoms with Crippen LogP contribution in [0.1, 0.15) is 35.9 Å². The van der Waals surface area contributed by atoms with Crippen molar-refractivity contribution in [1.82, 2.24) is 9.97 Å². The van der Waals surface area contributed by atoms with Gasteiger partial charge in [0.05, 0.1) is 18.2 Å². The maximum absolute atomic E-state index is 10.7. The minimum atomic E-state index is -0.965. The first kappa shape index (κ1) is 11.2. The average Bonchev–Trinajstić information content (AvgIpc) is 2.15. The molecule has 0 spiro atoms. The van der Waals surface area contributed by atoms with Crippen molar-refractivity contribution in [3.8, 4) is 0 Å². The summed E-state index contributed by atoms with van der Waals surface area (Å²) in [6, 6.07) is 0. The number of hydrogen-bond donors (Lipinski definition) is 3. The molecule has 0 bridgehead atoms. The number of aliphatic carboxylic acids is 1. The number of nitrogens with one attached hydrogen (secondary N) is 1. The molecule has 1 aliphatic rings. The number of rotatable bonds is 2. The number of H-pyrrole nitrogens is 1. The lowest BCUT2D eigenvalue weighted by Crippen LogP contribution is -2.18. The highest BCUT2D eigenvalue weighted by molar-refractivity contribution is 7.71. The first-order valence-electron chi connectivity index (χ1n) is 5.09. The average molecular weight is 240 g/mol. The van der Waals surface area contributed by atoms with Crippen LogP contribution in [0.3, 0.4) is 0 Å². The third-order valence-electron chi connectivity index (χ3n) is 2.69. The van der Waals surface area contributed by atoms with Gasteiger partial charge >= 0.3 is 5.97 Å². The molecule has 6 heteroatoms. The van der Waals surface area contributed by atoms with Crippen LogP contribution in [-0.2, 0) is 17.6 Å². The van der Waals surface area contributed by atoms with Gasteiger partial charge in [-0.2, -0.15) is 0 Å². The van der Waals surface area contributed by atoms with E-state index >= 15 is 0 Å². The van der Waals surface area contributed by atoms with E-state index in [1.807, 2.05) is 0 Å². The highest BCUT2D eigenvalue weighted by Gasteiger charge is 2.23. The number of carboxylic acids is 1. The highest BCUT2D eigenvalue weighted by atomic mass is 32.1. The Balaban J connectivity index is 2.54. The molecule has 0 saturated carbocycles. The Labute approximate surface area is 97.2 Å². The Morgan fingerprint density at radius 1 is 1.62 bits per heavy atom. The standard InChI is InChI=1S/C10H12N2O3S/c13-7-3-1-2-5-9(7)6(4-8(14)15)12-10(16)11-5/h7,13H,1-4H2,(H,14,15)(H,11,12,16). The Bertz CT molecular complexity index is 483. The Hall–Kier alpha value is -1.27. The number of carbonyl (C=O) groups is 1. The number of aliphatic hydroxyl groups excluding tert-OH is 1. The fraction of sp³-hybridized carbons (Fsp3) is 0.500. The minimum absolute atomic E-state index is 0.197. The van der Waals surface area contributed by atoms with E-state index < -0.39 is 12.1 Å². The second-order valence-corrected chi connectivity index (χ2v) is 4.25. The molecule has 16 heavy (non-hydrogen) atoms. The summed E-state index contributed by atoms with van der Waals surface area (Å²) in [5.41, 5.74) is 1.84. The van der Waals surface area contributed by atoms with Crippen molar-refractivity contribution in [3.63, 3.8) is 0 Å². The van der Waals surface area contributed by atoms with E-state index in [2.05, 4.69) is 9.97 Å². The SMILES string of the molecule is O=C(O)Cc1nc(=S)[nH]c2c1C(O)CCC2. The molecule has 3 N–H and O–H groups in total. The van der Waals surface area contributed by atoms with Gasteiger partial charge in [0.25, 0.3) is 0 Å². The van der Waals surface area contributed by atoms with E-state index in [0.717, 1.165) is 18.5 Å². The lowest BCUT2D eigenvalue weighted by atomic mass is 9.91. The van der Waals surface area contributed by atoms with Gasteiger partial charge in [0.2, 0.25) is 0 Å². The van der Waals surface area contributed by atoms with Crippen LogP contribution in [0.15, 0.2) is 0 Å². The zero-order valence-electron chi connectivity index (χ0n) is 8.56. The van der Waals surface area contributed by atoms with Crippen LogP contribution in [0.4, 0.5) is 0 Å². The second kappa shape index (κ2) is 4.31. The lowest BCUT2D eigenvalue weighted by molar-refractivity contribution is -0.136. The summed E-state index contributed by atoms with van der Waals surface area (Å²) in [4.78, 5) is 17.6. The van der Waals surface area contributed by atoms with Gasteiger partial charge in [0.15, 0.2) is 4.77 Å². The quantitative estimate of drug-likeness (QED) is 0.675. The van der Waals surface area contributed by atoms with Crippen LogP contribution < -0.4 is 0 Å². The molecule has 5 nitrogen and oxygen atoms in total. The van der Waals surface area contributed by atoms with Gasteiger partial charge in [-0.1, -0.05) is 0 Å². The molecule has 1 heterocycles. The first-order chi connectivity index (χ1) is 7.58. The number of aryl methyl sites for hydroxylation is 1. The molecule has 0 fully saturated rings. The van der Waals surface area contributed by atoms with E-state index in [-0.39, 0.29) is 11.2 Å². The highest BCUT2D eigenvalue weighted by Crippen LogP contribution is 2.30. The third-order valence-corrected chi connectivity index (χ3v) is 2.88. The molecule has 0 amide bonds. The number of aromatic amines is 1. The molecule has 0 aromatic carbocycles. The van der Waals surface area contributed by atoms with Crippen molar-refractivity contribution >= 4 is 18.2 Å². The number of fused-ring (bicyclic) bond motifs is 1. The van der Waals surface area contributed by atoms with Gasteiger partial charge in [-0.15, -0.1) is 0 Å². The van der Waals surface area contributed by atoms with Crippen LogP contribution in [-0.4, -0.2) is 26.2 Å². The molecule has 1 atom stereocenters. The topological polar surface area (TPSA) is 86.2 Å². The maximum Gasteiger partial charge on any atom is 0.309 e. The van der Waals surface area contributed by atoms with Crippen molar-refractivity contribution in [3.05, 3.63) is 21.7 Å². The fourth-order valence-corrected chi connectivity index (χ4v) is 2.30. The van der Waals surface area contributed by atoms with Crippen molar-refractivity contribution < 1.29 is 15.0 Å². The summed E-state index contributed by atoms with van der Waals surface area (Å²) >= 11 is 4.94. The number of aromatic nitrogens is 2. The minimum Gasteiger partial charge on any atom is -0.481 e. The Morgan fingerprint density at radius 2 is 2.38 bits per heavy atom. The molecule has 2 rings (SSSR count). The molecule has 0 aliphatic heterocycles. The van der Waals surface area contributed by atoms with E-state index in [1.54, 1.807) is 0 Å². The van der Waals surface area contributed by atoms with Crippen LogP contribution in [0.5, 0.6) is 0 Å². The molecule has 1 aromatic heterocycles. The number of aliphatic hydroxyl groups is 1. The smallest absolute Gasteiger partial charge is 0.309 e. The molecule has 0 radical (unpaired) electrons. The zero-order valence-corrected chi connectivity index (χ0v) is 9.38. The normalized spacial score (nSPS) is 19.2. The molecule has 1 aliphatic carbocycles. The van der Waals surface area contributed by atoms with Crippen LogP contribution >= 0.6 is 12.2 Å². The summed E-state index contributed by atoms with van der Waals surface area (Å²) in [5, 5.41) is 18.6. The van der Waals surface area contributed by atoms with E-state index in [1.165, 1.54) is 0 Å². The van der Waals surface area contributed by atoms with Crippen LogP contribution in [0.25, 0.3) is 0 Å². The largest absolute Gasteiger partial charge is 0.481 e. The molecular weight excluding hydrogens is 228 g/mol. The van der Waals surface area contributed by atoms with Gasteiger partial charge in [-0.05, 0) is 31.5 Å². The van der Waals surface area contributed by atoms with Crippen LogP contribution in [0, 0.1) is 4.77 Å².